The molecule has 0 bridgehead atoms. The van der Waals surface area contributed by atoms with Crippen LogP contribution in [0.1, 0.15) is 47.9 Å². The van der Waals surface area contributed by atoms with Gasteiger partial charge in [-0.05, 0) is 48.8 Å². The zero-order valence-corrected chi connectivity index (χ0v) is 25.6. The summed E-state index contributed by atoms with van der Waals surface area (Å²) in [6, 6.07) is 17.1. The molecule has 2 fully saturated rings. The average molecular weight is 583 g/mol. The maximum atomic E-state index is 13.3. The molecule has 0 aromatic heterocycles. The fraction of sp³-hybridized carbons (Fsp3) is 0.500. The second kappa shape index (κ2) is 11.7. The number of rotatable bonds is 7. The van der Waals surface area contributed by atoms with Crippen LogP contribution in [-0.2, 0) is 18.6 Å². The summed E-state index contributed by atoms with van der Waals surface area (Å²) in [5.74, 6) is -1.00. The zero-order valence-electron chi connectivity index (χ0n) is 23.7. The quantitative estimate of drug-likeness (QED) is 0.319. The molecule has 0 amide bonds. The summed E-state index contributed by atoms with van der Waals surface area (Å²) in [5, 5.41) is 0.858. The molecule has 3 aliphatic heterocycles. The van der Waals surface area contributed by atoms with E-state index in [9.17, 15) is 9.59 Å². The van der Waals surface area contributed by atoms with Gasteiger partial charge in [0.15, 0.2) is 25.7 Å². The molecule has 10 heteroatoms. The Balaban J connectivity index is 1.48. The largest absolute Gasteiger partial charge is 0.452 e. The molecule has 8 nitrogen and oxygen atoms in total. The number of fused-ring (bicyclic) bond motifs is 1. The molecule has 3 heterocycles. The van der Waals surface area contributed by atoms with Gasteiger partial charge in [0.05, 0.1) is 17.7 Å². The number of ether oxygens (including phenoxy) is 3. The van der Waals surface area contributed by atoms with Crippen molar-refractivity contribution in [2.45, 2.75) is 75.1 Å². The lowest BCUT2D eigenvalue weighted by molar-refractivity contribution is -0.166. The van der Waals surface area contributed by atoms with Crippen molar-refractivity contribution in [2.24, 2.45) is 4.99 Å². The molecule has 2 aromatic rings. The van der Waals surface area contributed by atoms with Gasteiger partial charge < -0.3 is 23.5 Å². The SMILES string of the molecule is CC(C)(C)[Si](C)(C)OC[C@H]1O[C@@H]2SC(N3CCC3)=N[C@@H]2[C@@H](OC(=O)c2ccccc2)[C@@H]1OC(=O)c1ccccc1. The predicted octanol–water partition coefficient (Wildman–Crippen LogP) is 5.36. The lowest BCUT2D eigenvalue weighted by Gasteiger charge is -2.43. The Morgan fingerprint density at radius 2 is 1.50 bits per heavy atom. The number of aliphatic imine (C=N–C) groups is 1. The van der Waals surface area contributed by atoms with Gasteiger partial charge in [0.25, 0.3) is 0 Å². The second-order valence-corrected chi connectivity index (χ2v) is 17.8. The van der Waals surface area contributed by atoms with Crippen molar-refractivity contribution in [1.29, 1.82) is 0 Å². The van der Waals surface area contributed by atoms with Crippen LogP contribution in [0.4, 0.5) is 0 Å². The first-order valence-corrected chi connectivity index (χ1v) is 17.6. The maximum Gasteiger partial charge on any atom is 0.338 e. The summed E-state index contributed by atoms with van der Waals surface area (Å²) in [7, 11) is -2.16. The molecular weight excluding hydrogens is 544 g/mol. The molecule has 2 aromatic carbocycles. The van der Waals surface area contributed by atoms with Crippen LogP contribution < -0.4 is 0 Å². The van der Waals surface area contributed by atoms with E-state index in [1.807, 2.05) is 12.1 Å². The Hall–Kier alpha value is -2.66. The van der Waals surface area contributed by atoms with Crippen molar-refractivity contribution in [3.8, 4) is 0 Å². The Labute approximate surface area is 241 Å². The molecule has 0 N–H and O–H groups in total. The number of nitrogens with zero attached hydrogens (tertiary/aromatic N) is 2. The molecule has 214 valence electrons. The topological polar surface area (TPSA) is 86.7 Å². The van der Waals surface area contributed by atoms with Gasteiger partial charge in [0.2, 0.25) is 0 Å². The number of carbonyl (C=O) groups is 2. The highest BCUT2D eigenvalue weighted by Crippen LogP contribution is 2.42. The van der Waals surface area contributed by atoms with Crippen LogP contribution in [0, 0.1) is 0 Å². The number of hydrogen-bond donors (Lipinski definition) is 0. The van der Waals surface area contributed by atoms with Crippen LogP contribution in [0.25, 0.3) is 0 Å². The predicted molar refractivity (Wildman–Crippen MR) is 158 cm³/mol. The summed E-state index contributed by atoms with van der Waals surface area (Å²) in [5.41, 5.74) is 0.446. The minimum atomic E-state index is -2.16. The third-order valence-corrected chi connectivity index (χ3v) is 13.8. The number of hydrogen-bond acceptors (Lipinski definition) is 9. The van der Waals surface area contributed by atoms with Crippen LogP contribution >= 0.6 is 11.8 Å². The Morgan fingerprint density at radius 3 is 2.00 bits per heavy atom. The second-order valence-electron chi connectivity index (χ2n) is 11.9. The summed E-state index contributed by atoms with van der Waals surface area (Å²) in [6.45, 7) is 13.0. The van der Waals surface area contributed by atoms with Crippen LogP contribution in [0.15, 0.2) is 65.7 Å². The molecule has 5 atom stereocenters. The molecule has 0 spiro atoms. The van der Waals surface area contributed by atoms with E-state index in [-0.39, 0.29) is 17.1 Å². The van der Waals surface area contributed by atoms with Crippen molar-refractivity contribution >= 4 is 37.2 Å². The normalized spacial score (nSPS) is 26.4. The fourth-order valence-corrected chi connectivity index (χ4v) is 6.79. The van der Waals surface area contributed by atoms with Crippen molar-refractivity contribution in [3.63, 3.8) is 0 Å². The Kier molecular flexibility index (Phi) is 8.42. The van der Waals surface area contributed by atoms with E-state index in [1.54, 1.807) is 60.3 Å². The monoisotopic (exact) mass is 582 g/mol. The van der Waals surface area contributed by atoms with Gasteiger partial charge in [-0.3, -0.25) is 4.99 Å². The summed E-state index contributed by atoms with van der Waals surface area (Å²) >= 11 is 1.54. The van der Waals surface area contributed by atoms with Crippen LogP contribution in [0.3, 0.4) is 0 Å². The highest BCUT2D eigenvalue weighted by Gasteiger charge is 2.54. The number of amidine groups is 1. The lowest BCUT2D eigenvalue weighted by atomic mass is 9.97. The number of carbonyl (C=O) groups excluding carboxylic acids is 2. The first kappa shape index (κ1) is 28.9. The summed E-state index contributed by atoms with van der Waals surface area (Å²) in [4.78, 5) is 33.8. The van der Waals surface area contributed by atoms with E-state index < -0.39 is 44.6 Å². The number of likely N-dealkylation sites (tertiary alicyclic amines) is 1. The molecule has 40 heavy (non-hydrogen) atoms. The molecule has 0 aliphatic carbocycles. The molecule has 0 radical (unpaired) electrons. The lowest BCUT2D eigenvalue weighted by Crippen LogP contribution is -2.60. The van der Waals surface area contributed by atoms with Gasteiger partial charge in [0.1, 0.15) is 17.6 Å². The maximum absolute atomic E-state index is 13.3. The van der Waals surface area contributed by atoms with E-state index in [4.69, 9.17) is 23.6 Å². The number of benzene rings is 2. The molecular formula is C30H38N2O6SSi. The molecule has 3 aliphatic rings. The van der Waals surface area contributed by atoms with E-state index in [2.05, 4.69) is 38.8 Å². The van der Waals surface area contributed by atoms with E-state index in [0.29, 0.717) is 11.1 Å². The van der Waals surface area contributed by atoms with Crippen LogP contribution in [0.2, 0.25) is 18.1 Å². The molecule has 5 rings (SSSR count). The van der Waals surface area contributed by atoms with Crippen LogP contribution in [-0.4, -0.2) is 79.8 Å². The van der Waals surface area contributed by atoms with E-state index in [1.165, 1.54) is 0 Å². The first-order chi connectivity index (χ1) is 19.0. The van der Waals surface area contributed by atoms with Gasteiger partial charge in [0, 0.05) is 13.1 Å². The Morgan fingerprint density at radius 1 is 0.950 bits per heavy atom. The van der Waals surface area contributed by atoms with Crippen molar-refractivity contribution in [3.05, 3.63) is 71.8 Å². The van der Waals surface area contributed by atoms with Crippen LogP contribution in [0.5, 0.6) is 0 Å². The molecule has 0 saturated carbocycles. The van der Waals surface area contributed by atoms with E-state index >= 15 is 0 Å². The van der Waals surface area contributed by atoms with Gasteiger partial charge in [-0.2, -0.15) is 0 Å². The van der Waals surface area contributed by atoms with Crippen molar-refractivity contribution < 1.29 is 28.2 Å². The minimum absolute atomic E-state index is 0.0184. The summed E-state index contributed by atoms with van der Waals surface area (Å²) < 4.78 is 25.5. The third kappa shape index (κ3) is 6.15. The van der Waals surface area contributed by atoms with Crippen molar-refractivity contribution in [1.82, 2.24) is 4.90 Å². The minimum Gasteiger partial charge on any atom is -0.452 e. The zero-order chi connectivity index (χ0) is 28.5. The first-order valence-electron chi connectivity index (χ1n) is 13.8. The van der Waals surface area contributed by atoms with Gasteiger partial charge in [-0.1, -0.05) is 68.9 Å². The smallest absolute Gasteiger partial charge is 0.338 e. The Bertz CT molecular complexity index is 1230. The highest BCUT2D eigenvalue weighted by molar-refractivity contribution is 8.14. The molecule has 0 unspecified atom stereocenters. The van der Waals surface area contributed by atoms with Gasteiger partial charge in [-0.25, -0.2) is 9.59 Å². The number of esters is 2. The average Bonchev–Trinajstić information content (AvgIpc) is 3.31. The third-order valence-electron chi connectivity index (χ3n) is 8.14. The van der Waals surface area contributed by atoms with Crippen molar-refractivity contribution in [2.75, 3.05) is 19.7 Å². The number of thioether (sulfide) groups is 1. The van der Waals surface area contributed by atoms with Gasteiger partial charge in [-0.15, -0.1) is 0 Å². The van der Waals surface area contributed by atoms with E-state index in [0.717, 1.165) is 24.7 Å². The highest BCUT2D eigenvalue weighted by atomic mass is 32.2. The standard InChI is InChI=1S/C30H38N2O6SSi/c1-30(2,3)40(4,5)35-19-22-24(37-26(33)20-13-8-6-9-14-20)25(38-27(34)21-15-10-7-11-16-21)23-28(36-22)39-29(31-23)32-17-12-18-32/h6-11,13-16,22-25,28H,12,17-19H2,1-5H3/t22-,23-,24-,25-,28-/m1/s1. The molecule has 2 saturated heterocycles. The fourth-order valence-electron chi connectivity index (χ4n) is 4.50. The van der Waals surface area contributed by atoms with Gasteiger partial charge >= 0.3 is 11.9 Å². The summed E-state index contributed by atoms with van der Waals surface area (Å²) in [6.07, 6.45) is -1.29.